The molecule has 2 aliphatic rings. The molecule has 7 rings (SSSR count). The maximum absolute atomic E-state index is 13.4. The van der Waals surface area contributed by atoms with Gasteiger partial charge in [-0.1, -0.05) is 65.7 Å². The van der Waals surface area contributed by atoms with Crippen LogP contribution in [0.25, 0.3) is 39.0 Å². The third kappa shape index (κ3) is 7.01. The lowest BCUT2D eigenvalue weighted by atomic mass is 9.97. The van der Waals surface area contributed by atoms with Crippen LogP contribution in [0.1, 0.15) is 37.1 Å². The molecule has 5 heterocycles. The molecular weight excluding hydrogens is 677 g/mol. The van der Waals surface area contributed by atoms with Gasteiger partial charge in [0.1, 0.15) is 11.3 Å². The number of hydrogen-bond acceptors (Lipinski definition) is 8. The number of methoxy groups -OCH3 is 1. The number of hydrogen-bond donors (Lipinski definition) is 3. The summed E-state index contributed by atoms with van der Waals surface area (Å²) in [5, 5.41) is 15.5. The van der Waals surface area contributed by atoms with Crippen molar-refractivity contribution in [2.75, 3.05) is 26.8 Å². The van der Waals surface area contributed by atoms with Crippen molar-refractivity contribution in [2.24, 2.45) is 7.05 Å². The van der Waals surface area contributed by atoms with E-state index < -0.39 is 0 Å². The molecule has 2 saturated heterocycles. The molecule has 260 valence electrons. The van der Waals surface area contributed by atoms with Crippen LogP contribution in [-0.4, -0.2) is 64.0 Å². The fourth-order valence-electron chi connectivity index (χ4n) is 6.67. The average Bonchev–Trinajstić information content (AvgIpc) is 3.89. The number of carbonyl (C=O) groups excluding carboxylic acids is 1. The van der Waals surface area contributed by atoms with Gasteiger partial charge in [0.05, 0.1) is 35.5 Å². The molecule has 1 amide bonds. The number of pyridine rings is 1. The molecule has 0 radical (unpaired) electrons. The maximum atomic E-state index is 13.4. The number of ether oxygens (including phenoxy) is 2. The quantitative estimate of drug-likeness (QED) is 0.157. The first kappa shape index (κ1) is 34.2. The van der Waals surface area contributed by atoms with Crippen LogP contribution in [0.3, 0.4) is 0 Å². The normalized spacial score (nSPS) is 17.5. The largest absolute Gasteiger partial charge is 0.481 e. The van der Waals surface area contributed by atoms with Gasteiger partial charge in [-0.15, -0.1) is 0 Å². The first-order chi connectivity index (χ1) is 24.3. The van der Waals surface area contributed by atoms with Crippen LogP contribution in [0.2, 0.25) is 10.0 Å². The first-order valence-corrected chi connectivity index (χ1v) is 17.6. The van der Waals surface area contributed by atoms with E-state index in [1.165, 1.54) is 0 Å². The molecule has 0 unspecified atom stereocenters. The molecule has 0 aliphatic carbocycles. The van der Waals surface area contributed by atoms with Crippen LogP contribution >= 0.6 is 23.2 Å². The predicted octanol–water partition coefficient (Wildman–Crippen LogP) is 5.38. The van der Waals surface area contributed by atoms with Crippen LogP contribution in [0, 0.1) is 0 Å². The van der Waals surface area contributed by atoms with E-state index >= 15 is 0 Å². The standard InChI is InChI=1S/C37H39Cl2N7O4/c1-45-32(20-41-19-25-6-5-15-50-25)44-46-21-23(16-31(46)37(45)48)26-7-3-8-27(34(26)38)28-9-4-10-29(35(28)39)30-13-11-22(36(43-30)49-2)17-40-18-24-12-14-33(47)42-24/h3-4,7-11,13,16,21,24-25,40-41H,5-6,12,14-15,17-20H2,1-2H3,(H,42,47)/t24-,25-/m0/s1. The SMILES string of the molecule is COc1nc(-c2cccc(-c3cccc(-c4cc5c(=O)n(C)c(CNC[C@@H]6CCCO6)nn5c4)c3Cl)c2Cl)ccc1CNC[C@@H]1CCC(=O)N1. The summed E-state index contributed by atoms with van der Waals surface area (Å²) >= 11 is 14.2. The second kappa shape index (κ2) is 14.9. The van der Waals surface area contributed by atoms with E-state index in [4.69, 9.17) is 42.8 Å². The van der Waals surface area contributed by atoms with E-state index in [1.807, 2.05) is 60.8 Å². The minimum atomic E-state index is -0.143. The number of carbonyl (C=O) groups is 1. The molecular formula is C37H39Cl2N7O4. The fraction of sp³-hybridized carbons (Fsp3) is 0.351. The highest BCUT2D eigenvalue weighted by atomic mass is 35.5. The lowest BCUT2D eigenvalue weighted by Crippen LogP contribution is -2.35. The van der Waals surface area contributed by atoms with Gasteiger partial charge in [-0.05, 0) is 31.4 Å². The van der Waals surface area contributed by atoms with Crippen molar-refractivity contribution in [2.45, 2.75) is 50.9 Å². The monoisotopic (exact) mass is 715 g/mol. The second-order valence-corrected chi connectivity index (χ2v) is 13.5. The summed E-state index contributed by atoms with van der Waals surface area (Å²) in [4.78, 5) is 29.7. The van der Waals surface area contributed by atoms with Gasteiger partial charge in [-0.2, -0.15) is 5.10 Å². The smallest absolute Gasteiger partial charge is 0.277 e. The summed E-state index contributed by atoms with van der Waals surface area (Å²) in [6.07, 6.45) is 5.54. The molecule has 0 saturated carbocycles. The zero-order valence-electron chi connectivity index (χ0n) is 28.0. The van der Waals surface area contributed by atoms with Gasteiger partial charge in [-0.25, -0.2) is 9.50 Å². The van der Waals surface area contributed by atoms with Gasteiger partial charge < -0.3 is 25.4 Å². The Kier molecular flexibility index (Phi) is 10.2. The molecule has 2 fully saturated rings. The molecule has 0 bridgehead atoms. The highest BCUT2D eigenvalue weighted by Gasteiger charge is 2.22. The highest BCUT2D eigenvalue weighted by Crippen LogP contribution is 2.42. The van der Waals surface area contributed by atoms with E-state index in [0.717, 1.165) is 59.3 Å². The van der Waals surface area contributed by atoms with Crippen molar-refractivity contribution < 1.29 is 14.3 Å². The van der Waals surface area contributed by atoms with Gasteiger partial charge in [0.2, 0.25) is 11.8 Å². The van der Waals surface area contributed by atoms with E-state index in [0.29, 0.717) is 65.6 Å². The van der Waals surface area contributed by atoms with Crippen molar-refractivity contribution in [1.82, 2.24) is 35.1 Å². The minimum absolute atomic E-state index is 0.0960. The summed E-state index contributed by atoms with van der Waals surface area (Å²) in [5.41, 5.74) is 5.63. The molecule has 11 nitrogen and oxygen atoms in total. The number of fused-ring (bicyclic) bond motifs is 1. The van der Waals surface area contributed by atoms with Crippen LogP contribution in [-0.2, 0) is 29.7 Å². The molecule has 2 aliphatic heterocycles. The van der Waals surface area contributed by atoms with Crippen LogP contribution in [0.5, 0.6) is 5.88 Å². The van der Waals surface area contributed by atoms with Crippen molar-refractivity contribution in [3.05, 3.63) is 92.6 Å². The third-order valence-electron chi connectivity index (χ3n) is 9.41. The first-order valence-electron chi connectivity index (χ1n) is 16.8. The zero-order valence-corrected chi connectivity index (χ0v) is 29.5. The van der Waals surface area contributed by atoms with Crippen LogP contribution in [0.15, 0.2) is 65.6 Å². The predicted molar refractivity (Wildman–Crippen MR) is 195 cm³/mol. The van der Waals surface area contributed by atoms with Gasteiger partial charge in [0, 0.05) is 85.3 Å². The van der Waals surface area contributed by atoms with E-state index in [-0.39, 0.29) is 23.6 Å². The highest BCUT2D eigenvalue weighted by molar-refractivity contribution is 6.39. The molecule has 2 atom stereocenters. The minimum Gasteiger partial charge on any atom is -0.481 e. The van der Waals surface area contributed by atoms with Crippen LogP contribution < -0.4 is 26.2 Å². The summed E-state index contributed by atoms with van der Waals surface area (Å²) in [7, 11) is 3.33. The van der Waals surface area contributed by atoms with Gasteiger partial charge >= 0.3 is 0 Å². The Morgan fingerprint density at radius 3 is 2.42 bits per heavy atom. The summed E-state index contributed by atoms with van der Waals surface area (Å²) < 4.78 is 14.6. The van der Waals surface area contributed by atoms with Gasteiger partial charge in [0.25, 0.3) is 5.56 Å². The number of rotatable bonds is 12. The molecule has 2 aromatic carbocycles. The summed E-state index contributed by atoms with van der Waals surface area (Å²) in [5.74, 6) is 1.22. The van der Waals surface area contributed by atoms with Crippen LogP contribution in [0.4, 0.5) is 0 Å². The maximum Gasteiger partial charge on any atom is 0.277 e. The Labute approximate surface area is 299 Å². The van der Waals surface area contributed by atoms with Crippen molar-refractivity contribution in [1.29, 1.82) is 0 Å². The number of benzene rings is 2. The number of aromatic nitrogens is 4. The summed E-state index contributed by atoms with van der Waals surface area (Å²) in [6, 6.07) is 17.4. The second-order valence-electron chi connectivity index (χ2n) is 12.7. The van der Waals surface area contributed by atoms with Crippen molar-refractivity contribution in [3.8, 4) is 39.4 Å². The van der Waals surface area contributed by atoms with E-state index in [2.05, 4.69) is 16.0 Å². The lowest BCUT2D eigenvalue weighted by molar-refractivity contribution is -0.119. The Bertz CT molecular complexity index is 2110. The average molecular weight is 717 g/mol. The Balaban J connectivity index is 1.13. The third-order valence-corrected chi connectivity index (χ3v) is 10.2. The molecule has 0 spiro atoms. The number of amides is 1. The van der Waals surface area contributed by atoms with Crippen molar-refractivity contribution in [3.63, 3.8) is 0 Å². The van der Waals surface area contributed by atoms with Crippen molar-refractivity contribution >= 4 is 34.6 Å². The molecule has 3 aromatic heterocycles. The van der Waals surface area contributed by atoms with Gasteiger partial charge in [0.15, 0.2) is 0 Å². The molecule has 3 N–H and O–H groups in total. The molecule has 50 heavy (non-hydrogen) atoms. The van der Waals surface area contributed by atoms with E-state index in [9.17, 15) is 9.59 Å². The summed E-state index contributed by atoms with van der Waals surface area (Å²) in [6.45, 7) is 3.18. The fourth-order valence-corrected chi connectivity index (χ4v) is 7.33. The topological polar surface area (TPSA) is 124 Å². The van der Waals surface area contributed by atoms with E-state index in [1.54, 1.807) is 23.2 Å². The zero-order chi connectivity index (χ0) is 34.8. The number of nitrogens with zero attached hydrogens (tertiary/aromatic N) is 4. The molecule has 13 heteroatoms. The number of nitrogens with one attached hydrogen (secondary N) is 3. The van der Waals surface area contributed by atoms with Gasteiger partial charge in [-0.3, -0.25) is 14.2 Å². The Morgan fingerprint density at radius 1 is 0.960 bits per heavy atom. The Morgan fingerprint density at radius 2 is 1.70 bits per heavy atom. The lowest BCUT2D eigenvalue weighted by Gasteiger charge is -2.15. The molecule has 5 aromatic rings. The number of halogens is 2. The Hall–Kier alpha value is -4.26.